The number of benzene rings is 2. The average Bonchev–Trinajstić information content (AvgIpc) is 2.73. The van der Waals surface area contributed by atoms with E-state index in [1.807, 2.05) is 45.0 Å². The van der Waals surface area contributed by atoms with Gasteiger partial charge in [0, 0.05) is 28.7 Å². The van der Waals surface area contributed by atoms with Crippen molar-refractivity contribution >= 4 is 33.4 Å². The Bertz CT molecular complexity index is 1020. The van der Waals surface area contributed by atoms with Crippen LogP contribution in [-0.4, -0.2) is 46.9 Å². The Morgan fingerprint density at radius 1 is 1.21 bits per heavy atom. The van der Waals surface area contributed by atoms with Crippen molar-refractivity contribution < 1.29 is 24.0 Å². The van der Waals surface area contributed by atoms with Gasteiger partial charge < -0.3 is 19.7 Å². The van der Waals surface area contributed by atoms with Crippen LogP contribution in [0.1, 0.15) is 33.3 Å². The molecule has 0 spiro atoms. The Morgan fingerprint density at radius 2 is 1.91 bits per heavy atom. The Kier molecular flexibility index (Phi) is 8.81. The zero-order chi connectivity index (χ0) is 24.8. The SMILES string of the molecule is COc1cc(OCC(=O)N(Cc2cccc(Br)c2)C(C)C(=O)NC(C)(C)C)ccc1[N+](=O)[O-]. The molecule has 10 heteroatoms. The van der Waals surface area contributed by atoms with Gasteiger partial charge in [0.2, 0.25) is 11.7 Å². The highest BCUT2D eigenvalue weighted by molar-refractivity contribution is 9.10. The standard InChI is InChI=1S/C23H28BrN3O6/c1-15(22(29)25-23(2,3)4)26(13-16-7-6-8-17(24)11-16)21(28)14-33-18-9-10-19(27(30)31)20(12-18)32-5/h6-12,15H,13-14H2,1-5H3,(H,25,29). The number of hydrogen-bond acceptors (Lipinski definition) is 6. The first-order valence-electron chi connectivity index (χ1n) is 10.2. The van der Waals surface area contributed by atoms with Crippen LogP contribution in [-0.2, 0) is 16.1 Å². The molecule has 2 amide bonds. The zero-order valence-corrected chi connectivity index (χ0v) is 20.8. The monoisotopic (exact) mass is 521 g/mol. The molecule has 0 heterocycles. The first kappa shape index (κ1) is 26.1. The van der Waals surface area contributed by atoms with Crippen LogP contribution in [0.25, 0.3) is 0 Å². The molecule has 2 aromatic rings. The summed E-state index contributed by atoms with van der Waals surface area (Å²) in [5, 5.41) is 14.0. The quantitative estimate of drug-likeness (QED) is 0.393. The molecule has 0 aliphatic heterocycles. The van der Waals surface area contributed by atoms with Crippen molar-refractivity contribution in [2.75, 3.05) is 13.7 Å². The molecule has 0 aromatic heterocycles. The van der Waals surface area contributed by atoms with E-state index in [2.05, 4.69) is 21.2 Å². The van der Waals surface area contributed by atoms with Gasteiger partial charge in [0.1, 0.15) is 11.8 Å². The molecule has 0 fully saturated rings. The number of rotatable bonds is 9. The molecule has 1 unspecified atom stereocenters. The van der Waals surface area contributed by atoms with Crippen LogP contribution in [0.2, 0.25) is 0 Å². The number of nitro benzene ring substituents is 1. The second-order valence-electron chi connectivity index (χ2n) is 8.45. The molecular weight excluding hydrogens is 494 g/mol. The summed E-state index contributed by atoms with van der Waals surface area (Å²) in [6, 6.07) is 10.7. The van der Waals surface area contributed by atoms with Crippen LogP contribution in [0.3, 0.4) is 0 Å². The molecule has 2 rings (SSSR count). The molecular formula is C23H28BrN3O6. The van der Waals surface area contributed by atoms with Crippen LogP contribution < -0.4 is 14.8 Å². The van der Waals surface area contributed by atoms with Crippen LogP contribution in [0.5, 0.6) is 11.5 Å². The second-order valence-corrected chi connectivity index (χ2v) is 9.36. The van der Waals surface area contributed by atoms with Gasteiger partial charge in [0.05, 0.1) is 12.0 Å². The minimum absolute atomic E-state index is 0.0221. The number of nitro groups is 1. The van der Waals surface area contributed by atoms with E-state index in [-0.39, 0.29) is 36.2 Å². The van der Waals surface area contributed by atoms with Crippen molar-refractivity contribution in [3.63, 3.8) is 0 Å². The normalized spacial score (nSPS) is 11.9. The van der Waals surface area contributed by atoms with E-state index in [1.165, 1.54) is 30.2 Å². The number of carbonyl (C=O) groups is 2. The van der Waals surface area contributed by atoms with E-state index < -0.39 is 22.4 Å². The number of methoxy groups -OCH3 is 1. The van der Waals surface area contributed by atoms with Crippen molar-refractivity contribution in [2.45, 2.75) is 45.8 Å². The summed E-state index contributed by atoms with van der Waals surface area (Å²) in [7, 11) is 1.31. The van der Waals surface area contributed by atoms with Crippen LogP contribution in [0.15, 0.2) is 46.9 Å². The summed E-state index contributed by atoms with van der Waals surface area (Å²) in [6.45, 7) is 7.09. The van der Waals surface area contributed by atoms with Gasteiger partial charge in [-0.05, 0) is 51.5 Å². The molecule has 0 aliphatic rings. The van der Waals surface area contributed by atoms with Crippen LogP contribution in [0, 0.1) is 10.1 Å². The number of hydrogen-bond donors (Lipinski definition) is 1. The van der Waals surface area contributed by atoms with E-state index in [0.29, 0.717) is 0 Å². The number of nitrogens with one attached hydrogen (secondary N) is 1. The Labute approximate surface area is 201 Å². The molecule has 0 bridgehead atoms. The molecule has 0 radical (unpaired) electrons. The number of amides is 2. The Balaban J connectivity index is 2.22. The van der Waals surface area contributed by atoms with Crippen LogP contribution in [0.4, 0.5) is 5.69 Å². The lowest BCUT2D eigenvalue weighted by Crippen LogP contribution is -2.53. The van der Waals surface area contributed by atoms with E-state index in [4.69, 9.17) is 9.47 Å². The number of carbonyl (C=O) groups excluding carboxylic acids is 2. The van der Waals surface area contributed by atoms with Crippen molar-refractivity contribution in [1.82, 2.24) is 10.2 Å². The lowest BCUT2D eigenvalue weighted by molar-refractivity contribution is -0.385. The number of halogens is 1. The van der Waals surface area contributed by atoms with Gasteiger partial charge in [0.25, 0.3) is 5.91 Å². The topological polar surface area (TPSA) is 111 Å². The van der Waals surface area contributed by atoms with Crippen LogP contribution >= 0.6 is 15.9 Å². The molecule has 1 N–H and O–H groups in total. The third kappa shape index (κ3) is 7.74. The molecule has 0 aliphatic carbocycles. The zero-order valence-electron chi connectivity index (χ0n) is 19.3. The highest BCUT2D eigenvalue weighted by Crippen LogP contribution is 2.30. The van der Waals surface area contributed by atoms with Crippen molar-refractivity contribution in [3.8, 4) is 11.5 Å². The fourth-order valence-electron chi connectivity index (χ4n) is 3.02. The Morgan fingerprint density at radius 3 is 2.48 bits per heavy atom. The first-order valence-corrected chi connectivity index (χ1v) is 11.0. The maximum Gasteiger partial charge on any atom is 0.311 e. The summed E-state index contributed by atoms with van der Waals surface area (Å²) in [6.07, 6.45) is 0. The second kappa shape index (κ2) is 11.1. The molecule has 9 nitrogen and oxygen atoms in total. The summed E-state index contributed by atoms with van der Waals surface area (Å²) in [5.74, 6) is -0.444. The molecule has 0 saturated heterocycles. The minimum Gasteiger partial charge on any atom is -0.490 e. The number of ether oxygens (including phenoxy) is 2. The number of nitrogens with zero attached hydrogens (tertiary/aromatic N) is 2. The smallest absolute Gasteiger partial charge is 0.311 e. The third-order valence-corrected chi connectivity index (χ3v) is 5.11. The molecule has 1 atom stereocenters. The van der Waals surface area contributed by atoms with E-state index in [0.717, 1.165) is 10.0 Å². The van der Waals surface area contributed by atoms with Gasteiger partial charge in [0.15, 0.2) is 6.61 Å². The van der Waals surface area contributed by atoms with Gasteiger partial charge >= 0.3 is 5.69 Å². The molecule has 33 heavy (non-hydrogen) atoms. The van der Waals surface area contributed by atoms with Gasteiger partial charge in [-0.1, -0.05) is 28.1 Å². The summed E-state index contributed by atoms with van der Waals surface area (Å²) >= 11 is 3.42. The summed E-state index contributed by atoms with van der Waals surface area (Å²) in [5.41, 5.74) is 0.173. The fraction of sp³-hybridized carbons (Fsp3) is 0.391. The van der Waals surface area contributed by atoms with Gasteiger partial charge in [-0.3, -0.25) is 19.7 Å². The van der Waals surface area contributed by atoms with E-state index >= 15 is 0 Å². The average molecular weight is 522 g/mol. The fourth-order valence-corrected chi connectivity index (χ4v) is 3.46. The third-order valence-electron chi connectivity index (χ3n) is 4.62. The van der Waals surface area contributed by atoms with Gasteiger partial charge in [-0.2, -0.15) is 0 Å². The summed E-state index contributed by atoms with van der Waals surface area (Å²) in [4.78, 5) is 37.8. The van der Waals surface area contributed by atoms with Crippen molar-refractivity contribution in [2.24, 2.45) is 0 Å². The Hall–Kier alpha value is -3.14. The molecule has 2 aromatic carbocycles. The molecule has 178 valence electrons. The molecule has 0 saturated carbocycles. The lowest BCUT2D eigenvalue weighted by Gasteiger charge is -2.31. The van der Waals surface area contributed by atoms with Gasteiger partial charge in [-0.25, -0.2) is 0 Å². The first-order chi connectivity index (χ1) is 15.4. The summed E-state index contributed by atoms with van der Waals surface area (Å²) < 4.78 is 11.5. The van der Waals surface area contributed by atoms with E-state index in [9.17, 15) is 19.7 Å². The predicted octanol–water partition coefficient (Wildman–Crippen LogP) is 4.08. The largest absolute Gasteiger partial charge is 0.490 e. The van der Waals surface area contributed by atoms with Crippen molar-refractivity contribution in [3.05, 3.63) is 62.6 Å². The lowest BCUT2D eigenvalue weighted by atomic mass is 10.1. The minimum atomic E-state index is -0.759. The van der Waals surface area contributed by atoms with Crippen molar-refractivity contribution in [1.29, 1.82) is 0 Å². The van der Waals surface area contributed by atoms with E-state index in [1.54, 1.807) is 6.92 Å². The maximum absolute atomic E-state index is 13.1. The highest BCUT2D eigenvalue weighted by atomic mass is 79.9. The van der Waals surface area contributed by atoms with Gasteiger partial charge in [-0.15, -0.1) is 0 Å². The highest BCUT2D eigenvalue weighted by Gasteiger charge is 2.29. The maximum atomic E-state index is 13.1. The predicted molar refractivity (Wildman–Crippen MR) is 127 cm³/mol.